The molecule has 0 aromatic carbocycles. The zero-order chi connectivity index (χ0) is 9.84. The predicted octanol–water partition coefficient (Wildman–Crippen LogP) is 0.878. The van der Waals surface area contributed by atoms with Gasteiger partial charge in [-0.3, -0.25) is 14.6 Å². The van der Waals surface area contributed by atoms with Crippen LogP contribution in [0.1, 0.15) is 16.9 Å². The molecule has 0 radical (unpaired) electrons. The summed E-state index contributed by atoms with van der Waals surface area (Å²) >= 11 is 0. The quantitative estimate of drug-likeness (QED) is 0.557. The molecule has 1 aromatic rings. The van der Waals surface area contributed by atoms with Crippen molar-refractivity contribution >= 4 is 11.8 Å². The molecule has 0 aliphatic rings. The number of carbonyl (C=O) groups excluding carboxylic acids is 1. The molecule has 1 N–H and O–H groups in total. The van der Waals surface area contributed by atoms with Gasteiger partial charge in [0.05, 0.1) is 0 Å². The third-order valence-electron chi connectivity index (χ3n) is 1.33. The summed E-state index contributed by atoms with van der Waals surface area (Å²) in [6, 6.07) is 2.38. The van der Waals surface area contributed by atoms with Gasteiger partial charge in [0.25, 0.3) is 0 Å². The highest BCUT2D eigenvalue weighted by Gasteiger charge is 2.15. The Balaban J connectivity index is 2.89. The van der Waals surface area contributed by atoms with Crippen LogP contribution in [-0.2, 0) is 4.79 Å². The Kier molecular flexibility index (Phi) is 2.69. The van der Waals surface area contributed by atoms with E-state index in [0.29, 0.717) is 0 Å². The highest BCUT2D eigenvalue weighted by Crippen LogP contribution is 2.05. The van der Waals surface area contributed by atoms with Crippen LogP contribution >= 0.6 is 0 Å². The SMILES string of the molecule is O=C(O)CC(=O)c1ncccc1F. The van der Waals surface area contributed by atoms with Crippen LogP contribution in [0, 0.1) is 5.82 Å². The maximum absolute atomic E-state index is 12.8. The average molecular weight is 183 g/mol. The van der Waals surface area contributed by atoms with Gasteiger partial charge < -0.3 is 5.11 Å². The molecular formula is C8H6FNO3. The van der Waals surface area contributed by atoms with Crippen LogP contribution in [0.4, 0.5) is 4.39 Å². The summed E-state index contributed by atoms with van der Waals surface area (Å²) in [7, 11) is 0. The lowest BCUT2D eigenvalue weighted by atomic mass is 10.2. The molecule has 0 fully saturated rings. The number of carboxylic acids is 1. The summed E-state index contributed by atoms with van der Waals surface area (Å²) in [5, 5.41) is 8.27. The molecule has 0 saturated heterocycles. The van der Waals surface area contributed by atoms with Gasteiger partial charge in [0, 0.05) is 6.20 Å². The summed E-state index contributed by atoms with van der Waals surface area (Å²) in [6.07, 6.45) is 0.492. The van der Waals surface area contributed by atoms with E-state index in [2.05, 4.69) is 4.98 Å². The van der Waals surface area contributed by atoms with Gasteiger partial charge in [0.1, 0.15) is 12.1 Å². The van der Waals surface area contributed by atoms with Crippen molar-refractivity contribution in [1.29, 1.82) is 0 Å². The zero-order valence-electron chi connectivity index (χ0n) is 6.53. The number of hydrogen-bond donors (Lipinski definition) is 1. The summed E-state index contributed by atoms with van der Waals surface area (Å²) < 4.78 is 12.8. The summed E-state index contributed by atoms with van der Waals surface area (Å²) in [5.41, 5.74) is -0.426. The second-order valence-electron chi connectivity index (χ2n) is 2.33. The number of carbonyl (C=O) groups is 2. The van der Waals surface area contributed by atoms with Crippen molar-refractivity contribution in [1.82, 2.24) is 4.98 Å². The highest BCUT2D eigenvalue weighted by atomic mass is 19.1. The monoisotopic (exact) mass is 183 g/mol. The van der Waals surface area contributed by atoms with E-state index in [4.69, 9.17) is 5.11 Å². The van der Waals surface area contributed by atoms with Gasteiger partial charge >= 0.3 is 5.97 Å². The number of carboxylic acid groups (broad SMARTS) is 1. The average Bonchev–Trinajstić information content (AvgIpc) is 2.03. The first-order valence-electron chi connectivity index (χ1n) is 3.47. The van der Waals surface area contributed by atoms with Crippen LogP contribution in [0.3, 0.4) is 0 Å². The minimum Gasteiger partial charge on any atom is -0.481 e. The van der Waals surface area contributed by atoms with E-state index in [1.165, 1.54) is 12.3 Å². The Morgan fingerprint density at radius 1 is 1.54 bits per heavy atom. The van der Waals surface area contributed by atoms with Gasteiger partial charge in [0.15, 0.2) is 11.6 Å². The summed E-state index contributed by atoms with van der Waals surface area (Å²) in [5.74, 6) is -2.92. The molecule has 1 heterocycles. The minimum atomic E-state index is -1.30. The van der Waals surface area contributed by atoms with Crippen molar-refractivity contribution in [3.05, 3.63) is 29.8 Å². The van der Waals surface area contributed by atoms with Crippen LogP contribution < -0.4 is 0 Å². The van der Waals surface area contributed by atoms with E-state index in [9.17, 15) is 14.0 Å². The van der Waals surface area contributed by atoms with Crippen LogP contribution in [-0.4, -0.2) is 21.8 Å². The number of hydrogen-bond acceptors (Lipinski definition) is 3. The molecule has 0 spiro atoms. The zero-order valence-corrected chi connectivity index (χ0v) is 6.53. The van der Waals surface area contributed by atoms with Crippen molar-refractivity contribution in [2.24, 2.45) is 0 Å². The maximum Gasteiger partial charge on any atom is 0.311 e. The molecule has 0 unspecified atom stereocenters. The van der Waals surface area contributed by atoms with E-state index in [1.54, 1.807) is 0 Å². The third-order valence-corrected chi connectivity index (χ3v) is 1.33. The molecule has 13 heavy (non-hydrogen) atoms. The van der Waals surface area contributed by atoms with Gasteiger partial charge in [0.2, 0.25) is 0 Å². The van der Waals surface area contributed by atoms with Crippen molar-refractivity contribution in [3.63, 3.8) is 0 Å². The fourth-order valence-corrected chi connectivity index (χ4v) is 0.812. The molecule has 0 bridgehead atoms. The van der Waals surface area contributed by atoms with Crippen molar-refractivity contribution in [2.75, 3.05) is 0 Å². The molecule has 1 rings (SSSR count). The van der Waals surface area contributed by atoms with E-state index < -0.39 is 29.7 Å². The Labute approximate surface area is 73.0 Å². The third kappa shape index (κ3) is 2.33. The number of nitrogens with zero attached hydrogens (tertiary/aromatic N) is 1. The Bertz CT molecular complexity index is 351. The largest absolute Gasteiger partial charge is 0.481 e. The van der Waals surface area contributed by atoms with Crippen LogP contribution in [0.25, 0.3) is 0 Å². The number of aliphatic carboxylic acids is 1. The first kappa shape index (κ1) is 9.31. The van der Waals surface area contributed by atoms with Gasteiger partial charge in [-0.2, -0.15) is 0 Å². The van der Waals surface area contributed by atoms with Crippen molar-refractivity contribution in [2.45, 2.75) is 6.42 Å². The number of pyridine rings is 1. The molecule has 1 aromatic heterocycles. The topological polar surface area (TPSA) is 67.3 Å². The molecule has 0 aliphatic carbocycles. The van der Waals surface area contributed by atoms with Crippen LogP contribution in [0.5, 0.6) is 0 Å². The van der Waals surface area contributed by atoms with Gasteiger partial charge in [-0.25, -0.2) is 4.39 Å². The second-order valence-corrected chi connectivity index (χ2v) is 2.33. The second kappa shape index (κ2) is 3.75. The lowest BCUT2D eigenvalue weighted by Gasteiger charge is -1.97. The Hall–Kier alpha value is -1.78. The predicted molar refractivity (Wildman–Crippen MR) is 40.8 cm³/mol. The number of ketones is 1. The standard InChI is InChI=1S/C8H6FNO3/c9-5-2-1-3-10-8(5)6(11)4-7(12)13/h1-3H,4H2,(H,12,13). The number of rotatable bonds is 3. The van der Waals surface area contributed by atoms with E-state index >= 15 is 0 Å². The fourth-order valence-electron chi connectivity index (χ4n) is 0.812. The molecule has 0 saturated carbocycles. The van der Waals surface area contributed by atoms with E-state index in [-0.39, 0.29) is 0 Å². The minimum absolute atomic E-state index is 0.426. The number of halogens is 1. The molecule has 0 amide bonds. The first-order chi connectivity index (χ1) is 6.11. The van der Waals surface area contributed by atoms with Crippen molar-refractivity contribution < 1.29 is 19.1 Å². The highest BCUT2D eigenvalue weighted by molar-refractivity contribution is 6.04. The van der Waals surface area contributed by atoms with Gasteiger partial charge in [-0.15, -0.1) is 0 Å². The molecule has 4 nitrogen and oxygen atoms in total. The Morgan fingerprint density at radius 2 is 2.23 bits per heavy atom. The number of aromatic nitrogens is 1. The molecular weight excluding hydrogens is 177 g/mol. The molecule has 0 atom stereocenters. The van der Waals surface area contributed by atoms with Crippen LogP contribution in [0.2, 0.25) is 0 Å². The number of Topliss-reactive ketones (excluding diaryl/α,β-unsaturated/α-hetero) is 1. The van der Waals surface area contributed by atoms with E-state index in [0.717, 1.165) is 6.07 Å². The Morgan fingerprint density at radius 3 is 2.77 bits per heavy atom. The fraction of sp³-hybridized carbons (Fsp3) is 0.125. The van der Waals surface area contributed by atoms with Crippen LogP contribution in [0.15, 0.2) is 18.3 Å². The molecule has 0 aliphatic heterocycles. The van der Waals surface area contributed by atoms with Gasteiger partial charge in [-0.05, 0) is 12.1 Å². The summed E-state index contributed by atoms with van der Waals surface area (Å²) in [4.78, 5) is 24.6. The lowest BCUT2D eigenvalue weighted by Crippen LogP contribution is -2.10. The normalized spacial score (nSPS) is 9.62. The smallest absolute Gasteiger partial charge is 0.311 e. The van der Waals surface area contributed by atoms with Gasteiger partial charge in [-0.1, -0.05) is 0 Å². The van der Waals surface area contributed by atoms with E-state index in [1.807, 2.05) is 0 Å². The molecule has 5 heteroatoms. The summed E-state index contributed by atoms with van der Waals surface area (Å²) in [6.45, 7) is 0. The van der Waals surface area contributed by atoms with Crippen molar-refractivity contribution in [3.8, 4) is 0 Å². The lowest BCUT2D eigenvalue weighted by molar-refractivity contribution is -0.135. The first-order valence-corrected chi connectivity index (χ1v) is 3.47. The molecule has 68 valence electrons. The maximum atomic E-state index is 12.8.